The van der Waals surface area contributed by atoms with E-state index < -0.39 is 0 Å². The van der Waals surface area contributed by atoms with E-state index in [0.717, 1.165) is 38.3 Å². The van der Waals surface area contributed by atoms with Gasteiger partial charge in [-0.15, -0.1) is 24.0 Å². The van der Waals surface area contributed by atoms with Gasteiger partial charge >= 0.3 is 0 Å². The van der Waals surface area contributed by atoms with E-state index in [1.165, 1.54) is 19.3 Å². The number of nitrogens with one attached hydrogen (secondary N) is 2. The molecule has 0 spiro atoms. The number of aliphatic imine (C=N–C) groups is 1. The van der Waals surface area contributed by atoms with Gasteiger partial charge in [-0.2, -0.15) is 0 Å². The standard InChI is InChI=1S/C13H24N4O.HI/c1-17(11-6-3-2-4-7-11)12(18)10-16-13-14-8-5-9-15-13;/h11H,2-10H2,1H3,(H2,14,15,16);1H. The fourth-order valence-corrected chi connectivity index (χ4v) is 2.61. The number of likely N-dealkylation sites (N-methyl/N-ethyl adjacent to an activating group) is 1. The Hall–Kier alpha value is -0.530. The summed E-state index contributed by atoms with van der Waals surface area (Å²) in [6.45, 7) is 2.14. The van der Waals surface area contributed by atoms with Crippen LogP contribution in [0.1, 0.15) is 38.5 Å². The number of rotatable bonds is 3. The molecule has 19 heavy (non-hydrogen) atoms. The zero-order chi connectivity index (χ0) is 12.8. The van der Waals surface area contributed by atoms with Crippen LogP contribution in [0.2, 0.25) is 0 Å². The first-order valence-electron chi connectivity index (χ1n) is 7.05. The summed E-state index contributed by atoms with van der Waals surface area (Å²) in [4.78, 5) is 18.3. The van der Waals surface area contributed by atoms with Crippen molar-refractivity contribution >= 4 is 35.8 Å². The minimum Gasteiger partial charge on any atom is -0.356 e. The van der Waals surface area contributed by atoms with Crippen LogP contribution in [-0.2, 0) is 4.79 Å². The first-order chi connectivity index (χ1) is 8.77. The lowest BCUT2D eigenvalue weighted by Crippen LogP contribution is -2.47. The van der Waals surface area contributed by atoms with Crippen molar-refractivity contribution < 1.29 is 4.79 Å². The van der Waals surface area contributed by atoms with Gasteiger partial charge in [0.15, 0.2) is 5.96 Å². The maximum Gasteiger partial charge on any atom is 0.241 e. The normalized spacial score (nSPS) is 19.7. The molecule has 2 rings (SSSR count). The first-order valence-corrected chi connectivity index (χ1v) is 7.05. The Balaban J connectivity index is 0.00000180. The largest absolute Gasteiger partial charge is 0.356 e. The average molecular weight is 380 g/mol. The van der Waals surface area contributed by atoms with Crippen LogP contribution in [0.25, 0.3) is 0 Å². The Morgan fingerprint density at radius 1 is 1.37 bits per heavy atom. The molecule has 1 fully saturated rings. The Labute approximate surface area is 132 Å². The third-order valence-corrected chi connectivity index (χ3v) is 3.82. The number of hydrogen-bond donors (Lipinski definition) is 2. The number of carbonyl (C=O) groups is 1. The second-order valence-electron chi connectivity index (χ2n) is 5.16. The fourth-order valence-electron chi connectivity index (χ4n) is 2.61. The minimum absolute atomic E-state index is 0. The summed E-state index contributed by atoms with van der Waals surface area (Å²) >= 11 is 0. The molecular formula is C13H25IN4O. The van der Waals surface area contributed by atoms with E-state index in [-0.39, 0.29) is 29.9 Å². The van der Waals surface area contributed by atoms with E-state index in [1.807, 2.05) is 11.9 Å². The van der Waals surface area contributed by atoms with Gasteiger partial charge in [-0.25, -0.2) is 0 Å². The topological polar surface area (TPSA) is 56.7 Å². The van der Waals surface area contributed by atoms with Gasteiger partial charge in [0, 0.05) is 26.2 Å². The van der Waals surface area contributed by atoms with Gasteiger partial charge in [0.2, 0.25) is 5.91 Å². The van der Waals surface area contributed by atoms with Crippen LogP contribution >= 0.6 is 24.0 Å². The Morgan fingerprint density at radius 2 is 2.11 bits per heavy atom. The lowest BCUT2D eigenvalue weighted by molar-refractivity contribution is -0.131. The summed E-state index contributed by atoms with van der Waals surface area (Å²) in [5, 5.41) is 6.25. The molecule has 0 radical (unpaired) electrons. The van der Waals surface area contributed by atoms with Crippen molar-refractivity contribution in [2.75, 3.05) is 26.7 Å². The van der Waals surface area contributed by atoms with Crippen LogP contribution in [0.5, 0.6) is 0 Å². The third-order valence-electron chi connectivity index (χ3n) is 3.82. The number of halogens is 1. The quantitative estimate of drug-likeness (QED) is 0.727. The SMILES string of the molecule is CN(C(=O)CNC1=NCCCN1)C1CCCCC1.I. The monoisotopic (exact) mass is 380 g/mol. The van der Waals surface area contributed by atoms with Crippen molar-refractivity contribution in [2.24, 2.45) is 4.99 Å². The number of guanidine groups is 1. The fraction of sp³-hybridized carbons (Fsp3) is 0.846. The summed E-state index contributed by atoms with van der Waals surface area (Å²) in [5.41, 5.74) is 0. The summed E-state index contributed by atoms with van der Waals surface area (Å²) in [7, 11) is 1.93. The van der Waals surface area contributed by atoms with Crippen LogP contribution in [0.4, 0.5) is 0 Å². The molecule has 6 heteroatoms. The zero-order valence-electron chi connectivity index (χ0n) is 11.7. The van der Waals surface area contributed by atoms with E-state index in [9.17, 15) is 4.79 Å². The molecule has 0 unspecified atom stereocenters. The summed E-state index contributed by atoms with van der Waals surface area (Å²) in [5.74, 6) is 0.934. The van der Waals surface area contributed by atoms with Gasteiger partial charge in [-0.3, -0.25) is 9.79 Å². The van der Waals surface area contributed by atoms with Crippen LogP contribution in [-0.4, -0.2) is 49.5 Å². The summed E-state index contributed by atoms with van der Waals surface area (Å²) in [6, 6.07) is 0.439. The van der Waals surface area contributed by atoms with Crippen molar-refractivity contribution in [3.63, 3.8) is 0 Å². The van der Waals surface area contributed by atoms with Crippen LogP contribution in [0.15, 0.2) is 4.99 Å². The molecule has 0 aromatic rings. The van der Waals surface area contributed by atoms with Crippen LogP contribution in [0.3, 0.4) is 0 Å². The van der Waals surface area contributed by atoms with Crippen molar-refractivity contribution in [2.45, 2.75) is 44.6 Å². The second-order valence-corrected chi connectivity index (χ2v) is 5.16. The third kappa shape index (κ3) is 5.16. The highest BCUT2D eigenvalue weighted by Crippen LogP contribution is 2.21. The molecule has 1 amide bonds. The molecule has 1 heterocycles. The van der Waals surface area contributed by atoms with Crippen molar-refractivity contribution in [1.82, 2.24) is 15.5 Å². The van der Waals surface area contributed by atoms with E-state index >= 15 is 0 Å². The molecule has 2 aliphatic rings. The maximum atomic E-state index is 12.1. The predicted octanol–water partition coefficient (Wildman–Crippen LogP) is 1.33. The number of amides is 1. The average Bonchev–Trinajstić information content (AvgIpc) is 2.46. The second kappa shape index (κ2) is 8.60. The van der Waals surface area contributed by atoms with E-state index in [0.29, 0.717) is 12.6 Å². The Morgan fingerprint density at radius 3 is 2.74 bits per heavy atom. The molecule has 0 saturated heterocycles. The van der Waals surface area contributed by atoms with Gasteiger partial charge in [0.1, 0.15) is 0 Å². The minimum atomic E-state index is 0. The van der Waals surface area contributed by atoms with E-state index in [1.54, 1.807) is 0 Å². The van der Waals surface area contributed by atoms with Crippen molar-refractivity contribution in [3.05, 3.63) is 0 Å². The van der Waals surface area contributed by atoms with Crippen molar-refractivity contribution in [1.29, 1.82) is 0 Å². The summed E-state index contributed by atoms with van der Waals surface area (Å²) in [6.07, 6.45) is 7.20. The lowest BCUT2D eigenvalue weighted by Gasteiger charge is -2.31. The Kier molecular flexibility index (Phi) is 7.48. The number of nitrogens with zero attached hydrogens (tertiary/aromatic N) is 2. The molecule has 0 aromatic heterocycles. The highest BCUT2D eigenvalue weighted by Gasteiger charge is 2.21. The smallest absolute Gasteiger partial charge is 0.241 e. The highest BCUT2D eigenvalue weighted by atomic mass is 127. The first kappa shape index (κ1) is 16.5. The molecule has 0 atom stereocenters. The molecule has 0 aromatic carbocycles. The molecule has 5 nitrogen and oxygen atoms in total. The van der Waals surface area contributed by atoms with Gasteiger partial charge in [-0.05, 0) is 19.3 Å². The summed E-state index contributed by atoms with van der Waals surface area (Å²) < 4.78 is 0. The molecule has 1 saturated carbocycles. The van der Waals surface area contributed by atoms with Crippen LogP contribution < -0.4 is 10.6 Å². The molecule has 2 N–H and O–H groups in total. The number of carbonyl (C=O) groups excluding carboxylic acids is 1. The van der Waals surface area contributed by atoms with Crippen LogP contribution in [0, 0.1) is 0 Å². The Bertz CT molecular complexity index is 316. The van der Waals surface area contributed by atoms with Crippen molar-refractivity contribution in [3.8, 4) is 0 Å². The van der Waals surface area contributed by atoms with Gasteiger partial charge < -0.3 is 15.5 Å². The zero-order valence-corrected chi connectivity index (χ0v) is 14.0. The number of hydrogen-bond acceptors (Lipinski definition) is 4. The highest BCUT2D eigenvalue weighted by molar-refractivity contribution is 14.0. The van der Waals surface area contributed by atoms with E-state index in [4.69, 9.17) is 0 Å². The molecule has 1 aliphatic carbocycles. The molecule has 110 valence electrons. The molecule has 0 bridgehead atoms. The van der Waals surface area contributed by atoms with E-state index in [2.05, 4.69) is 15.6 Å². The molecular weight excluding hydrogens is 355 g/mol. The maximum absolute atomic E-state index is 12.1. The van der Waals surface area contributed by atoms with Gasteiger partial charge in [0.25, 0.3) is 0 Å². The predicted molar refractivity (Wildman–Crippen MR) is 88.0 cm³/mol. The molecule has 1 aliphatic heterocycles. The lowest BCUT2D eigenvalue weighted by atomic mass is 9.94. The van der Waals surface area contributed by atoms with Gasteiger partial charge in [-0.1, -0.05) is 19.3 Å². The van der Waals surface area contributed by atoms with Gasteiger partial charge in [0.05, 0.1) is 6.54 Å².